The predicted octanol–water partition coefficient (Wildman–Crippen LogP) is 4.49. The molecule has 33 heavy (non-hydrogen) atoms. The smallest absolute Gasteiger partial charge is 0.126 e. The Bertz CT molecular complexity index is 1400. The Kier molecular flexibility index (Phi) is 4.92. The number of hydrogen-bond acceptors (Lipinski definition) is 5. The first-order valence-electron chi connectivity index (χ1n) is 11.0. The maximum absolute atomic E-state index is 13.9. The van der Waals surface area contributed by atoms with Crippen LogP contribution in [0.1, 0.15) is 5.82 Å². The molecule has 1 aliphatic rings. The van der Waals surface area contributed by atoms with Crippen LogP contribution in [0.4, 0.5) is 15.8 Å². The number of aromatic nitrogens is 4. The first kappa shape index (κ1) is 19.8. The molecule has 1 aliphatic heterocycles. The molecule has 1 fully saturated rings. The van der Waals surface area contributed by atoms with Gasteiger partial charge in [-0.2, -0.15) is 0 Å². The number of ether oxygens (including phenoxy) is 1. The molecule has 3 heterocycles. The third kappa shape index (κ3) is 3.78. The second-order valence-corrected chi connectivity index (χ2v) is 8.11. The van der Waals surface area contributed by atoms with E-state index >= 15 is 0 Å². The summed E-state index contributed by atoms with van der Waals surface area (Å²) in [6.07, 6.45) is 1.74. The number of rotatable bonds is 5. The highest BCUT2D eigenvalue weighted by atomic mass is 19.1. The number of halogens is 1. The van der Waals surface area contributed by atoms with Crippen LogP contribution in [0.25, 0.3) is 27.8 Å². The van der Waals surface area contributed by atoms with Crippen LogP contribution in [-0.2, 0) is 11.3 Å². The number of benzene rings is 3. The van der Waals surface area contributed by atoms with E-state index in [0.717, 1.165) is 58.0 Å². The van der Waals surface area contributed by atoms with E-state index in [4.69, 9.17) is 4.74 Å². The van der Waals surface area contributed by atoms with Crippen molar-refractivity contribution >= 4 is 33.4 Å². The van der Waals surface area contributed by atoms with Crippen LogP contribution in [0, 0.1) is 5.82 Å². The van der Waals surface area contributed by atoms with E-state index in [-0.39, 0.29) is 5.82 Å². The minimum atomic E-state index is -0.276. The van der Waals surface area contributed by atoms with Gasteiger partial charge in [-0.1, -0.05) is 18.2 Å². The van der Waals surface area contributed by atoms with Crippen LogP contribution in [-0.4, -0.2) is 45.8 Å². The molecule has 0 bridgehead atoms. The zero-order valence-corrected chi connectivity index (χ0v) is 18.0. The van der Waals surface area contributed by atoms with Crippen molar-refractivity contribution in [1.82, 2.24) is 19.5 Å². The van der Waals surface area contributed by atoms with E-state index < -0.39 is 0 Å². The quantitative estimate of drug-likeness (QED) is 0.420. The Labute approximate surface area is 189 Å². The number of nitrogens with zero attached hydrogens (tertiary/aromatic N) is 4. The van der Waals surface area contributed by atoms with Gasteiger partial charge in [0, 0.05) is 18.8 Å². The summed E-state index contributed by atoms with van der Waals surface area (Å²) < 4.78 is 21.4. The van der Waals surface area contributed by atoms with Gasteiger partial charge < -0.3 is 19.9 Å². The molecule has 6 rings (SSSR count). The first-order valence-corrected chi connectivity index (χ1v) is 11.0. The summed E-state index contributed by atoms with van der Waals surface area (Å²) in [5, 5.41) is 3.52. The van der Waals surface area contributed by atoms with Crippen molar-refractivity contribution in [1.29, 1.82) is 0 Å². The van der Waals surface area contributed by atoms with Crippen molar-refractivity contribution in [3.63, 3.8) is 0 Å². The highest BCUT2D eigenvalue weighted by molar-refractivity contribution is 5.93. The zero-order chi connectivity index (χ0) is 22.2. The summed E-state index contributed by atoms with van der Waals surface area (Å²) in [7, 11) is 0. The number of para-hydroxylation sites is 2. The molecule has 7 nitrogen and oxygen atoms in total. The fourth-order valence-electron chi connectivity index (χ4n) is 4.34. The fraction of sp³-hybridized carbons (Fsp3) is 0.200. The summed E-state index contributed by atoms with van der Waals surface area (Å²) >= 11 is 0. The Hall–Kier alpha value is -3.91. The van der Waals surface area contributed by atoms with Gasteiger partial charge in [0.05, 0.1) is 47.7 Å². The number of anilines is 2. The number of H-pyrrole nitrogens is 1. The van der Waals surface area contributed by atoms with Gasteiger partial charge in [-0.3, -0.25) is 4.57 Å². The lowest BCUT2D eigenvalue weighted by atomic mass is 10.2. The van der Waals surface area contributed by atoms with Gasteiger partial charge in [0.1, 0.15) is 23.5 Å². The Balaban J connectivity index is 1.41. The third-order valence-electron chi connectivity index (χ3n) is 5.98. The molecule has 0 atom stereocenters. The summed E-state index contributed by atoms with van der Waals surface area (Å²) in [5.41, 5.74) is 6.42. The lowest BCUT2D eigenvalue weighted by Gasteiger charge is -2.29. The number of aromatic amines is 1. The van der Waals surface area contributed by atoms with Crippen molar-refractivity contribution < 1.29 is 9.13 Å². The van der Waals surface area contributed by atoms with Crippen LogP contribution in [0.15, 0.2) is 67.0 Å². The van der Waals surface area contributed by atoms with E-state index in [1.54, 1.807) is 12.4 Å². The largest absolute Gasteiger partial charge is 0.378 e. The highest BCUT2D eigenvalue weighted by Crippen LogP contribution is 2.32. The molecule has 0 unspecified atom stereocenters. The molecule has 8 heteroatoms. The lowest BCUT2D eigenvalue weighted by molar-refractivity contribution is 0.122. The van der Waals surface area contributed by atoms with Gasteiger partial charge in [0.2, 0.25) is 0 Å². The molecule has 0 aliphatic carbocycles. The molecular formula is C25H23FN6O. The van der Waals surface area contributed by atoms with Crippen molar-refractivity contribution in [2.24, 2.45) is 0 Å². The van der Waals surface area contributed by atoms with Crippen LogP contribution >= 0.6 is 0 Å². The molecule has 166 valence electrons. The van der Waals surface area contributed by atoms with Crippen molar-refractivity contribution in [2.75, 3.05) is 36.5 Å². The average molecular weight is 442 g/mol. The molecule has 0 radical (unpaired) electrons. The van der Waals surface area contributed by atoms with Gasteiger partial charge in [-0.25, -0.2) is 14.4 Å². The number of hydrogen-bond donors (Lipinski definition) is 2. The molecule has 0 spiro atoms. The van der Waals surface area contributed by atoms with E-state index in [1.807, 2.05) is 34.9 Å². The fourth-order valence-corrected chi connectivity index (χ4v) is 4.34. The van der Waals surface area contributed by atoms with Gasteiger partial charge in [-0.05, 0) is 42.5 Å². The summed E-state index contributed by atoms with van der Waals surface area (Å²) in [5.74, 6) is 0.576. The number of imidazole rings is 2. The minimum absolute atomic E-state index is 0.276. The molecule has 0 amide bonds. The molecular weight excluding hydrogens is 419 g/mol. The van der Waals surface area contributed by atoms with Gasteiger partial charge >= 0.3 is 0 Å². The van der Waals surface area contributed by atoms with Gasteiger partial charge in [0.15, 0.2) is 0 Å². The zero-order valence-electron chi connectivity index (χ0n) is 18.0. The average Bonchev–Trinajstić information content (AvgIpc) is 3.47. The van der Waals surface area contributed by atoms with Crippen LogP contribution in [0.2, 0.25) is 0 Å². The van der Waals surface area contributed by atoms with Crippen LogP contribution in [0.3, 0.4) is 0 Å². The molecule has 3 aromatic carbocycles. The predicted molar refractivity (Wildman–Crippen MR) is 127 cm³/mol. The highest BCUT2D eigenvalue weighted by Gasteiger charge is 2.17. The Morgan fingerprint density at radius 2 is 1.88 bits per heavy atom. The molecule has 0 saturated carbocycles. The standard InChI is InChI=1S/C25H23FN6O/c26-17-4-3-5-18(12-17)32-16-28-25-22(13-19(14-23(25)32)31-8-10-33-11-9-31)27-15-24-29-20-6-1-2-7-21(20)30-24/h1-7,12-14,16,27H,8-11,15H2,(H,29,30). The first-order chi connectivity index (χ1) is 16.2. The Morgan fingerprint density at radius 1 is 1.00 bits per heavy atom. The van der Waals surface area contributed by atoms with E-state index in [9.17, 15) is 4.39 Å². The molecule has 5 aromatic rings. The summed E-state index contributed by atoms with van der Waals surface area (Å²) in [6, 6.07) is 18.8. The SMILES string of the molecule is Fc1cccc(-n2cnc3c(NCc4nc5ccccc5[nH]4)cc(N4CCOCC4)cc32)c1. The van der Waals surface area contributed by atoms with Gasteiger partial charge in [0.25, 0.3) is 0 Å². The summed E-state index contributed by atoms with van der Waals surface area (Å²) in [4.78, 5) is 15.0. The van der Waals surface area contributed by atoms with Crippen molar-refractivity contribution in [2.45, 2.75) is 6.54 Å². The third-order valence-corrected chi connectivity index (χ3v) is 5.98. The number of morpholine rings is 1. The molecule has 1 saturated heterocycles. The van der Waals surface area contributed by atoms with E-state index in [1.165, 1.54) is 12.1 Å². The molecule has 2 aromatic heterocycles. The normalized spacial score (nSPS) is 14.3. The van der Waals surface area contributed by atoms with Crippen LogP contribution < -0.4 is 10.2 Å². The van der Waals surface area contributed by atoms with Gasteiger partial charge in [-0.15, -0.1) is 0 Å². The minimum Gasteiger partial charge on any atom is -0.378 e. The molecule has 2 N–H and O–H groups in total. The number of fused-ring (bicyclic) bond motifs is 2. The maximum atomic E-state index is 13.9. The monoisotopic (exact) mass is 442 g/mol. The lowest BCUT2D eigenvalue weighted by Crippen LogP contribution is -2.36. The second-order valence-electron chi connectivity index (χ2n) is 8.11. The maximum Gasteiger partial charge on any atom is 0.126 e. The van der Waals surface area contributed by atoms with Crippen molar-refractivity contribution in [3.05, 3.63) is 78.6 Å². The summed E-state index contributed by atoms with van der Waals surface area (Å²) in [6.45, 7) is 3.57. The van der Waals surface area contributed by atoms with E-state index in [2.05, 4.69) is 37.3 Å². The Morgan fingerprint density at radius 3 is 2.73 bits per heavy atom. The topological polar surface area (TPSA) is 71.0 Å². The van der Waals surface area contributed by atoms with Crippen LogP contribution in [0.5, 0.6) is 0 Å². The second kappa shape index (κ2) is 8.22. The van der Waals surface area contributed by atoms with Crippen molar-refractivity contribution in [3.8, 4) is 5.69 Å². The number of nitrogens with one attached hydrogen (secondary N) is 2. The van der Waals surface area contributed by atoms with E-state index in [0.29, 0.717) is 19.8 Å².